The fourth-order valence-electron chi connectivity index (χ4n) is 2.67. The minimum atomic E-state index is 0.0266. The Morgan fingerprint density at radius 3 is 2.52 bits per heavy atom. The second-order valence-electron chi connectivity index (χ2n) is 5.78. The van der Waals surface area contributed by atoms with E-state index in [9.17, 15) is 4.79 Å². The molecule has 0 radical (unpaired) electrons. The van der Waals surface area contributed by atoms with E-state index in [0.29, 0.717) is 23.6 Å². The lowest BCUT2D eigenvalue weighted by molar-refractivity contribution is 0.303. The van der Waals surface area contributed by atoms with Gasteiger partial charge in [0.2, 0.25) is 0 Å². The van der Waals surface area contributed by atoms with Crippen LogP contribution in [-0.4, -0.2) is 18.3 Å². The molecule has 0 unspecified atom stereocenters. The van der Waals surface area contributed by atoms with Gasteiger partial charge in [0.15, 0.2) is 0 Å². The summed E-state index contributed by atoms with van der Waals surface area (Å²) < 4.78 is 12.6. The lowest BCUT2D eigenvalue weighted by atomic mass is 10.1. The third kappa shape index (κ3) is 4.34. The fourth-order valence-corrected chi connectivity index (χ4v) is 2.80. The molecule has 0 aliphatic heterocycles. The van der Waals surface area contributed by atoms with Crippen LogP contribution in [0.3, 0.4) is 0 Å². The second kappa shape index (κ2) is 8.08. The number of aryl methyl sites for hydroxylation is 1. The average molecular weight is 358 g/mol. The Morgan fingerprint density at radius 1 is 1.00 bits per heavy atom. The largest absolute Gasteiger partial charge is 0.497 e. The first kappa shape index (κ1) is 17.4. The fraction of sp³-hybridized carbons (Fsp3) is 0.250. The van der Waals surface area contributed by atoms with Gasteiger partial charge in [0.25, 0.3) is 5.56 Å². The lowest BCUT2D eigenvalue weighted by Gasteiger charge is -2.09. The zero-order valence-corrected chi connectivity index (χ0v) is 14.8. The monoisotopic (exact) mass is 357 g/mol. The van der Waals surface area contributed by atoms with Crippen molar-refractivity contribution in [3.63, 3.8) is 0 Å². The van der Waals surface area contributed by atoms with Crippen LogP contribution in [0.1, 0.15) is 12.8 Å². The molecule has 1 aromatic heterocycles. The first-order valence-corrected chi connectivity index (χ1v) is 8.61. The highest BCUT2D eigenvalue weighted by molar-refractivity contribution is 6.30. The summed E-state index contributed by atoms with van der Waals surface area (Å²) in [5, 5.41) is 2.30. The first-order chi connectivity index (χ1) is 12.2. The molecule has 2 aromatic carbocycles. The van der Waals surface area contributed by atoms with Gasteiger partial charge in [-0.1, -0.05) is 11.6 Å². The lowest BCUT2D eigenvalue weighted by Crippen LogP contribution is -2.19. The Labute approximate surface area is 151 Å². The smallest absolute Gasteiger partial charge is 0.258 e. The number of ether oxygens (including phenoxy) is 2. The Kier molecular flexibility index (Phi) is 5.61. The van der Waals surface area contributed by atoms with Gasteiger partial charge >= 0.3 is 0 Å². The van der Waals surface area contributed by atoms with E-state index in [4.69, 9.17) is 21.1 Å². The van der Waals surface area contributed by atoms with Crippen LogP contribution in [0.4, 0.5) is 0 Å². The van der Waals surface area contributed by atoms with Crippen LogP contribution in [0.15, 0.2) is 59.5 Å². The molecular formula is C20H20ClNO3. The minimum Gasteiger partial charge on any atom is -0.497 e. The summed E-state index contributed by atoms with van der Waals surface area (Å²) in [6, 6.07) is 14.8. The summed E-state index contributed by atoms with van der Waals surface area (Å²) in [5.41, 5.74) is 0.0266. The third-order valence-electron chi connectivity index (χ3n) is 4.06. The maximum absolute atomic E-state index is 12.5. The van der Waals surface area contributed by atoms with Crippen molar-refractivity contribution in [1.29, 1.82) is 0 Å². The predicted octanol–water partition coefficient (Wildman–Crippen LogP) is 4.52. The molecule has 0 aliphatic rings. The van der Waals surface area contributed by atoms with Gasteiger partial charge in [-0.25, -0.2) is 0 Å². The number of nitrogens with zero attached hydrogens (tertiary/aromatic N) is 1. The highest BCUT2D eigenvalue weighted by atomic mass is 35.5. The first-order valence-electron chi connectivity index (χ1n) is 8.23. The molecule has 3 aromatic rings. The van der Waals surface area contributed by atoms with Crippen molar-refractivity contribution in [2.45, 2.75) is 19.4 Å². The Balaban J connectivity index is 1.55. The van der Waals surface area contributed by atoms with Crippen LogP contribution in [0, 0.1) is 0 Å². The summed E-state index contributed by atoms with van der Waals surface area (Å²) in [7, 11) is 1.62. The number of aromatic nitrogens is 1. The normalized spacial score (nSPS) is 10.8. The number of rotatable bonds is 7. The van der Waals surface area contributed by atoms with Gasteiger partial charge in [0, 0.05) is 23.2 Å². The minimum absolute atomic E-state index is 0.0266. The number of benzene rings is 2. The van der Waals surface area contributed by atoms with E-state index in [0.717, 1.165) is 29.7 Å². The van der Waals surface area contributed by atoms with Gasteiger partial charge in [-0.05, 0) is 66.8 Å². The van der Waals surface area contributed by atoms with Crippen LogP contribution < -0.4 is 15.0 Å². The summed E-state index contributed by atoms with van der Waals surface area (Å²) in [6.45, 7) is 1.28. The summed E-state index contributed by atoms with van der Waals surface area (Å²) in [4.78, 5) is 12.5. The topological polar surface area (TPSA) is 40.5 Å². The van der Waals surface area contributed by atoms with Crippen molar-refractivity contribution in [1.82, 2.24) is 4.57 Å². The van der Waals surface area contributed by atoms with E-state index in [1.54, 1.807) is 23.8 Å². The maximum atomic E-state index is 12.5. The molecule has 0 saturated heterocycles. The van der Waals surface area contributed by atoms with Crippen LogP contribution in [-0.2, 0) is 6.54 Å². The summed E-state index contributed by atoms with van der Waals surface area (Å²) >= 11 is 5.84. The summed E-state index contributed by atoms with van der Waals surface area (Å²) in [5.74, 6) is 1.56. The Bertz CT molecular complexity index is 903. The van der Waals surface area contributed by atoms with E-state index in [1.807, 2.05) is 42.6 Å². The van der Waals surface area contributed by atoms with Gasteiger partial charge in [-0.3, -0.25) is 4.79 Å². The van der Waals surface area contributed by atoms with Crippen molar-refractivity contribution in [2.75, 3.05) is 13.7 Å². The molecule has 130 valence electrons. The van der Waals surface area contributed by atoms with Crippen LogP contribution in [0.5, 0.6) is 11.5 Å². The molecule has 0 fully saturated rings. The molecule has 1 heterocycles. The van der Waals surface area contributed by atoms with E-state index < -0.39 is 0 Å². The molecule has 0 N–H and O–H groups in total. The molecule has 0 spiro atoms. The number of unbranched alkanes of at least 4 members (excludes halogenated alkanes) is 1. The molecule has 0 aliphatic carbocycles. The molecule has 3 rings (SSSR count). The van der Waals surface area contributed by atoms with Gasteiger partial charge in [-0.2, -0.15) is 0 Å². The van der Waals surface area contributed by atoms with Crippen LogP contribution >= 0.6 is 11.6 Å². The Morgan fingerprint density at radius 2 is 1.76 bits per heavy atom. The van der Waals surface area contributed by atoms with E-state index in [2.05, 4.69) is 0 Å². The van der Waals surface area contributed by atoms with Crippen LogP contribution in [0.2, 0.25) is 5.02 Å². The number of hydrogen-bond acceptors (Lipinski definition) is 3. The Hall–Kier alpha value is -2.46. The quantitative estimate of drug-likeness (QED) is 0.583. The predicted molar refractivity (Wildman–Crippen MR) is 101 cm³/mol. The number of hydrogen-bond donors (Lipinski definition) is 0. The number of methoxy groups -OCH3 is 1. The zero-order chi connectivity index (χ0) is 17.6. The number of fused-ring (bicyclic) bond motifs is 1. The van der Waals surface area contributed by atoms with Gasteiger partial charge in [-0.15, -0.1) is 0 Å². The van der Waals surface area contributed by atoms with E-state index in [-0.39, 0.29) is 5.56 Å². The molecule has 0 saturated carbocycles. The third-order valence-corrected chi connectivity index (χ3v) is 4.31. The number of halogens is 1. The van der Waals surface area contributed by atoms with Gasteiger partial charge in [0.05, 0.1) is 13.7 Å². The summed E-state index contributed by atoms with van der Waals surface area (Å²) in [6.07, 6.45) is 3.58. The highest BCUT2D eigenvalue weighted by Gasteiger charge is 2.04. The van der Waals surface area contributed by atoms with Crippen molar-refractivity contribution in [3.05, 3.63) is 70.1 Å². The highest BCUT2D eigenvalue weighted by Crippen LogP contribution is 2.18. The molecular weight excluding hydrogens is 338 g/mol. The SMILES string of the molecule is COc1ccc2c(=O)n(CCCCOc3ccc(Cl)cc3)ccc2c1. The van der Waals surface area contributed by atoms with Crippen LogP contribution in [0.25, 0.3) is 10.8 Å². The molecule has 0 atom stereocenters. The van der Waals surface area contributed by atoms with Crippen molar-refractivity contribution >= 4 is 22.4 Å². The van der Waals surface area contributed by atoms with Crippen molar-refractivity contribution in [3.8, 4) is 11.5 Å². The average Bonchev–Trinajstić information content (AvgIpc) is 2.64. The molecule has 0 bridgehead atoms. The molecule has 0 amide bonds. The van der Waals surface area contributed by atoms with Gasteiger partial charge in [0.1, 0.15) is 11.5 Å². The standard InChI is InChI=1S/C20H20ClNO3/c1-24-18-8-9-19-15(14-18)10-12-22(20(19)23)11-2-3-13-25-17-6-4-16(21)5-7-17/h4-10,12,14H,2-3,11,13H2,1H3. The molecule has 5 heteroatoms. The number of pyridine rings is 1. The second-order valence-corrected chi connectivity index (χ2v) is 6.21. The van der Waals surface area contributed by atoms with Crippen molar-refractivity contribution < 1.29 is 9.47 Å². The maximum Gasteiger partial charge on any atom is 0.258 e. The van der Waals surface area contributed by atoms with Crippen molar-refractivity contribution in [2.24, 2.45) is 0 Å². The van der Waals surface area contributed by atoms with Gasteiger partial charge < -0.3 is 14.0 Å². The molecule has 4 nitrogen and oxygen atoms in total. The zero-order valence-electron chi connectivity index (χ0n) is 14.1. The molecule has 25 heavy (non-hydrogen) atoms. The van der Waals surface area contributed by atoms with E-state index in [1.165, 1.54) is 0 Å². The van der Waals surface area contributed by atoms with E-state index >= 15 is 0 Å².